The molecule has 5 nitrogen and oxygen atoms in total. The maximum atomic E-state index is 12.4. The lowest BCUT2D eigenvalue weighted by atomic mass is 10.1. The SMILES string of the molecule is CCc1occc1C(=O)N1CCOC(CNC)C1. The van der Waals surface area contributed by atoms with Crippen molar-refractivity contribution < 1.29 is 13.9 Å². The minimum Gasteiger partial charge on any atom is -0.469 e. The second kappa shape index (κ2) is 6.02. The summed E-state index contributed by atoms with van der Waals surface area (Å²) < 4.78 is 10.9. The quantitative estimate of drug-likeness (QED) is 0.865. The summed E-state index contributed by atoms with van der Waals surface area (Å²) in [4.78, 5) is 14.2. The van der Waals surface area contributed by atoms with Gasteiger partial charge in [-0.3, -0.25) is 4.79 Å². The zero-order chi connectivity index (χ0) is 13.0. The highest BCUT2D eigenvalue weighted by Gasteiger charge is 2.26. The first-order valence-corrected chi connectivity index (χ1v) is 6.38. The van der Waals surface area contributed by atoms with E-state index in [2.05, 4.69) is 5.32 Å². The van der Waals surface area contributed by atoms with Gasteiger partial charge < -0.3 is 19.4 Å². The average molecular weight is 252 g/mol. The van der Waals surface area contributed by atoms with E-state index in [1.807, 2.05) is 18.9 Å². The Kier molecular flexibility index (Phi) is 4.38. The number of morpholine rings is 1. The molecule has 18 heavy (non-hydrogen) atoms. The highest BCUT2D eigenvalue weighted by Crippen LogP contribution is 2.16. The Morgan fingerprint density at radius 2 is 2.44 bits per heavy atom. The average Bonchev–Trinajstić information content (AvgIpc) is 2.87. The third-order valence-corrected chi connectivity index (χ3v) is 3.15. The number of nitrogens with one attached hydrogen (secondary N) is 1. The lowest BCUT2D eigenvalue weighted by molar-refractivity contribution is -0.0196. The minimum atomic E-state index is 0.0463. The number of nitrogens with zero attached hydrogens (tertiary/aromatic N) is 1. The number of furan rings is 1. The van der Waals surface area contributed by atoms with Crippen molar-refractivity contribution in [2.75, 3.05) is 33.3 Å². The van der Waals surface area contributed by atoms with Crippen LogP contribution in [0.2, 0.25) is 0 Å². The highest BCUT2D eigenvalue weighted by atomic mass is 16.5. The van der Waals surface area contributed by atoms with Crippen LogP contribution in [0.5, 0.6) is 0 Å². The summed E-state index contributed by atoms with van der Waals surface area (Å²) in [6, 6.07) is 1.75. The molecule has 1 amide bonds. The Labute approximate surface area is 107 Å². The van der Waals surface area contributed by atoms with Crippen molar-refractivity contribution in [2.45, 2.75) is 19.4 Å². The predicted octanol–water partition coefficient (Wildman–Crippen LogP) is 0.902. The summed E-state index contributed by atoms with van der Waals surface area (Å²) in [5.41, 5.74) is 0.683. The van der Waals surface area contributed by atoms with Crippen LogP contribution in [0.15, 0.2) is 16.7 Å². The summed E-state index contributed by atoms with van der Waals surface area (Å²) in [6.07, 6.45) is 2.39. The van der Waals surface area contributed by atoms with E-state index in [0.29, 0.717) is 25.3 Å². The molecule has 1 saturated heterocycles. The molecule has 0 aromatic carbocycles. The Morgan fingerprint density at radius 1 is 1.61 bits per heavy atom. The second-order valence-electron chi connectivity index (χ2n) is 4.41. The minimum absolute atomic E-state index is 0.0463. The first-order valence-electron chi connectivity index (χ1n) is 6.38. The second-order valence-corrected chi connectivity index (χ2v) is 4.41. The third kappa shape index (κ3) is 2.73. The molecule has 1 aliphatic heterocycles. The molecule has 0 saturated carbocycles. The van der Waals surface area contributed by atoms with Crippen molar-refractivity contribution in [3.63, 3.8) is 0 Å². The zero-order valence-electron chi connectivity index (χ0n) is 10.9. The molecular formula is C13H20N2O3. The fourth-order valence-electron chi connectivity index (χ4n) is 2.23. The molecule has 100 valence electrons. The summed E-state index contributed by atoms with van der Waals surface area (Å²) >= 11 is 0. The maximum Gasteiger partial charge on any atom is 0.257 e. The molecule has 0 bridgehead atoms. The number of ether oxygens (including phenoxy) is 1. The molecule has 5 heteroatoms. The Morgan fingerprint density at radius 3 is 3.17 bits per heavy atom. The topological polar surface area (TPSA) is 54.7 Å². The molecule has 1 aromatic heterocycles. The Hall–Kier alpha value is -1.33. The lowest BCUT2D eigenvalue weighted by Crippen LogP contribution is -2.48. The molecule has 1 N–H and O–H groups in total. The van der Waals surface area contributed by atoms with Gasteiger partial charge in [-0.05, 0) is 13.1 Å². The van der Waals surface area contributed by atoms with Crippen LogP contribution in [0.3, 0.4) is 0 Å². The van der Waals surface area contributed by atoms with E-state index in [0.717, 1.165) is 18.7 Å². The van der Waals surface area contributed by atoms with Crippen molar-refractivity contribution in [3.8, 4) is 0 Å². The van der Waals surface area contributed by atoms with Crippen LogP contribution < -0.4 is 5.32 Å². The molecule has 2 rings (SSSR count). The fourth-order valence-corrected chi connectivity index (χ4v) is 2.23. The summed E-state index contributed by atoms with van der Waals surface area (Å²) in [6.45, 7) is 4.62. The van der Waals surface area contributed by atoms with E-state index in [1.165, 1.54) is 0 Å². The van der Waals surface area contributed by atoms with E-state index >= 15 is 0 Å². The summed E-state index contributed by atoms with van der Waals surface area (Å²) in [7, 11) is 1.88. The highest BCUT2D eigenvalue weighted by molar-refractivity contribution is 5.95. The molecule has 1 unspecified atom stereocenters. The molecule has 0 spiro atoms. The van der Waals surface area contributed by atoms with Gasteiger partial charge in [-0.15, -0.1) is 0 Å². The monoisotopic (exact) mass is 252 g/mol. The molecule has 1 fully saturated rings. The van der Waals surface area contributed by atoms with Crippen molar-refractivity contribution in [1.82, 2.24) is 10.2 Å². The van der Waals surface area contributed by atoms with Crippen LogP contribution in [-0.4, -0.2) is 50.2 Å². The van der Waals surface area contributed by atoms with Crippen LogP contribution >= 0.6 is 0 Å². The van der Waals surface area contributed by atoms with Gasteiger partial charge in [0.25, 0.3) is 5.91 Å². The van der Waals surface area contributed by atoms with Gasteiger partial charge in [0, 0.05) is 26.1 Å². The van der Waals surface area contributed by atoms with Crippen molar-refractivity contribution in [2.24, 2.45) is 0 Å². The number of aryl methyl sites for hydroxylation is 1. The van der Waals surface area contributed by atoms with Crippen LogP contribution in [-0.2, 0) is 11.2 Å². The first-order chi connectivity index (χ1) is 8.76. The normalized spacial score (nSPS) is 20.1. The molecule has 1 aliphatic rings. The molecule has 1 atom stereocenters. The van der Waals surface area contributed by atoms with Gasteiger partial charge in [-0.25, -0.2) is 0 Å². The fraction of sp³-hybridized carbons (Fsp3) is 0.615. The van der Waals surface area contributed by atoms with Crippen molar-refractivity contribution in [1.29, 1.82) is 0 Å². The van der Waals surface area contributed by atoms with Crippen molar-refractivity contribution >= 4 is 5.91 Å². The van der Waals surface area contributed by atoms with Gasteiger partial charge in [-0.2, -0.15) is 0 Å². The van der Waals surface area contributed by atoms with Gasteiger partial charge in [-0.1, -0.05) is 6.92 Å². The van der Waals surface area contributed by atoms with Gasteiger partial charge in [0.05, 0.1) is 24.5 Å². The Bertz CT molecular complexity index is 401. The third-order valence-electron chi connectivity index (χ3n) is 3.15. The van der Waals surface area contributed by atoms with E-state index < -0.39 is 0 Å². The van der Waals surface area contributed by atoms with E-state index in [9.17, 15) is 4.79 Å². The van der Waals surface area contributed by atoms with E-state index in [-0.39, 0.29) is 12.0 Å². The van der Waals surface area contributed by atoms with Crippen LogP contribution in [0.1, 0.15) is 23.0 Å². The number of hydrogen-bond donors (Lipinski definition) is 1. The Balaban J connectivity index is 2.04. The molecule has 2 heterocycles. The largest absolute Gasteiger partial charge is 0.469 e. The molecule has 0 radical (unpaired) electrons. The first kappa shape index (κ1) is 13.1. The van der Waals surface area contributed by atoms with Gasteiger partial charge >= 0.3 is 0 Å². The van der Waals surface area contributed by atoms with Crippen molar-refractivity contribution in [3.05, 3.63) is 23.7 Å². The predicted molar refractivity (Wildman–Crippen MR) is 67.7 cm³/mol. The molecule has 1 aromatic rings. The number of carbonyl (C=O) groups excluding carboxylic acids is 1. The number of likely N-dealkylation sites (N-methyl/N-ethyl adjacent to an activating group) is 1. The molecule has 0 aliphatic carbocycles. The standard InChI is InChI=1S/C13H20N2O3/c1-3-12-11(4-6-18-12)13(16)15-5-7-17-10(9-15)8-14-2/h4,6,10,14H,3,5,7-9H2,1-2H3. The van der Waals surface area contributed by atoms with Gasteiger partial charge in [0.15, 0.2) is 0 Å². The van der Waals surface area contributed by atoms with Gasteiger partial charge in [0.1, 0.15) is 5.76 Å². The number of amides is 1. The lowest BCUT2D eigenvalue weighted by Gasteiger charge is -2.32. The maximum absolute atomic E-state index is 12.4. The number of hydrogen-bond acceptors (Lipinski definition) is 4. The molecular weight excluding hydrogens is 232 g/mol. The van der Waals surface area contributed by atoms with E-state index in [4.69, 9.17) is 9.15 Å². The summed E-state index contributed by atoms with van der Waals surface area (Å²) in [5.74, 6) is 0.807. The smallest absolute Gasteiger partial charge is 0.257 e. The number of rotatable bonds is 4. The summed E-state index contributed by atoms with van der Waals surface area (Å²) in [5, 5.41) is 3.07. The van der Waals surface area contributed by atoms with Gasteiger partial charge in [0.2, 0.25) is 0 Å². The van der Waals surface area contributed by atoms with E-state index in [1.54, 1.807) is 12.3 Å². The number of carbonyl (C=O) groups is 1. The van der Waals surface area contributed by atoms with Crippen LogP contribution in [0.4, 0.5) is 0 Å². The van der Waals surface area contributed by atoms with Crippen LogP contribution in [0, 0.1) is 0 Å². The zero-order valence-corrected chi connectivity index (χ0v) is 10.9. The van der Waals surface area contributed by atoms with Crippen LogP contribution in [0.25, 0.3) is 0 Å².